The number of carbonyl (C=O) groups excluding carboxylic acids is 1. The summed E-state index contributed by atoms with van der Waals surface area (Å²) in [6.07, 6.45) is 5.09. The monoisotopic (exact) mass is 384 g/mol. The molecule has 0 unspecified atom stereocenters. The van der Waals surface area contributed by atoms with Crippen LogP contribution in [0.2, 0.25) is 0 Å². The number of carbonyl (C=O) groups is 1. The second-order valence-electron chi connectivity index (χ2n) is 8.12. The van der Waals surface area contributed by atoms with Crippen molar-refractivity contribution in [3.05, 3.63) is 24.3 Å². The summed E-state index contributed by atoms with van der Waals surface area (Å²) in [5, 5.41) is 1.60. The Balaban J connectivity index is 1.13. The van der Waals surface area contributed by atoms with Crippen molar-refractivity contribution in [1.29, 1.82) is 0 Å². The Morgan fingerprint density at radius 1 is 1.00 bits per heavy atom. The number of hydrogen-bond donors (Lipinski definition) is 0. The maximum absolute atomic E-state index is 12.5. The van der Waals surface area contributed by atoms with Gasteiger partial charge in [-0.1, -0.05) is 12.1 Å². The SMILES string of the molecule is O=C(C1CCN(C2CCN(c3nc4ccccc4o3)CC2)CC1)N1CCCO1. The number of hydroxylamine groups is 2. The number of para-hydroxylation sites is 2. The van der Waals surface area contributed by atoms with Crippen LogP contribution in [0.15, 0.2) is 28.7 Å². The van der Waals surface area contributed by atoms with Gasteiger partial charge in [-0.15, -0.1) is 0 Å². The van der Waals surface area contributed by atoms with E-state index in [0.29, 0.717) is 12.6 Å². The summed E-state index contributed by atoms with van der Waals surface area (Å²) in [7, 11) is 0. The minimum atomic E-state index is 0.134. The number of hydrogen-bond acceptors (Lipinski definition) is 6. The Bertz CT molecular complexity index is 783. The number of amides is 1. The third kappa shape index (κ3) is 3.49. The van der Waals surface area contributed by atoms with Gasteiger partial charge < -0.3 is 14.2 Å². The van der Waals surface area contributed by atoms with Gasteiger partial charge >= 0.3 is 0 Å². The number of likely N-dealkylation sites (tertiary alicyclic amines) is 1. The van der Waals surface area contributed by atoms with Crippen molar-refractivity contribution in [1.82, 2.24) is 14.9 Å². The van der Waals surface area contributed by atoms with Crippen molar-refractivity contribution in [2.45, 2.75) is 38.1 Å². The second kappa shape index (κ2) is 7.72. The zero-order chi connectivity index (χ0) is 18.9. The number of oxazole rings is 1. The van der Waals surface area contributed by atoms with Crippen LogP contribution in [0.3, 0.4) is 0 Å². The highest BCUT2D eigenvalue weighted by molar-refractivity contribution is 5.78. The summed E-state index contributed by atoms with van der Waals surface area (Å²) in [4.78, 5) is 27.4. The molecule has 1 aromatic carbocycles. The largest absolute Gasteiger partial charge is 0.423 e. The summed E-state index contributed by atoms with van der Waals surface area (Å²) >= 11 is 0. The fraction of sp³-hybridized carbons (Fsp3) is 0.619. The number of nitrogens with zero attached hydrogens (tertiary/aromatic N) is 4. The number of piperidine rings is 2. The number of fused-ring (bicyclic) bond motifs is 1. The van der Waals surface area contributed by atoms with E-state index in [0.717, 1.165) is 81.9 Å². The third-order valence-corrected chi connectivity index (χ3v) is 6.41. The molecule has 150 valence electrons. The maximum atomic E-state index is 12.5. The molecule has 0 N–H and O–H groups in total. The highest BCUT2D eigenvalue weighted by atomic mass is 16.7. The number of rotatable bonds is 3. The van der Waals surface area contributed by atoms with Gasteiger partial charge in [-0.2, -0.15) is 4.98 Å². The minimum absolute atomic E-state index is 0.134. The van der Waals surface area contributed by atoms with E-state index in [1.165, 1.54) is 0 Å². The summed E-state index contributed by atoms with van der Waals surface area (Å²) in [5.41, 5.74) is 1.78. The lowest BCUT2D eigenvalue weighted by Crippen LogP contribution is -2.49. The predicted molar refractivity (Wildman–Crippen MR) is 106 cm³/mol. The first-order valence-corrected chi connectivity index (χ1v) is 10.6. The number of benzene rings is 1. The quantitative estimate of drug-likeness (QED) is 0.811. The normalized spacial score (nSPS) is 23.0. The summed E-state index contributed by atoms with van der Waals surface area (Å²) < 4.78 is 5.92. The molecular weight excluding hydrogens is 356 g/mol. The van der Waals surface area contributed by atoms with E-state index in [1.54, 1.807) is 5.06 Å². The first kappa shape index (κ1) is 17.9. The average molecular weight is 384 g/mol. The zero-order valence-corrected chi connectivity index (χ0v) is 16.3. The van der Waals surface area contributed by atoms with Gasteiger partial charge in [0.1, 0.15) is 5.52 Å². The van der Waals surface area contributed by atoms with Crippen LogP contribution in [-0.4, -0.2) is 66.2 Å². The van der Waals surface area contributed by atoms with Crippen molar-refractivity contribution < 1.29 is 14.0 Å². The summed E-state index contributed by atoms with van der Waals surface area (Å²) in [6.45, 7) is 5.40. The maximum Gasteiger partial charge on any atom is 0.298 e. The Hall–Kier alpha value is -2.12. The molecule has 1 aromatic heterocycles. The lowest BCUT2D eigenvalue weighted by Gasteiger charge is -2.41. The van der Waals surface area contributed by atoms with Crippen molar-refractivity contribution in [2.75, 3.05) is 44.2 Å². The molecule has 3 saturated heterocycles. The molecule has 0 radical (unpaired) electrons. The lowest BCUT2D eigenvalue weighted by atomic mass is 9.92. The van der Waals surface area contributed by atoms with Gasteiger partial charge in [-0.3, -0.25) is 9.63 Å². The molecule has 4 heterocycles. The van der Waals surface area contributed by atoms with Gasteiger partial charge in [0.05, 0.1) is 13.2 Å². The van der Waals surface area contributed by atoms with Crippen LogP contribution >= 0.6 is 0 Å². The fourth-order valence-electron chi connectivity index (χ4n) is 4.75. The topological polar surface area (TPSA) is 62.1 Å². The molecule has 7 heteroatoms. The molecule has 28 heavy (non-hydrogen) atoms. The van der Waals surface area contributed by atoms with Gasteiger partial charge in [-0.05, 0) is 57.3 Å². The number of anilines is 1. The fourth-order valence-corrected chi connectivity index (χ4v) is 4.75. The van der Waals surface area contributed by atoms with Gasteiger partial charge in [0.15, 0.2) is 5.58 Å². The standard InChI is InChI=1S/C21H28N4O3/c26-20(25-10-3-15-27-25)16-6-11-23(12-7-16)17-8-13-24(14-9-17)21-22-18-4-1-2-5-19(18)28-21/h1-2,4-5,16-17H,3,6-15H2. The van der Waals surface area contributed by atoms with Crippen LogP contribution in [0.5, 0.6) is 0 Å². The molecule has 3 aliphatic rings. The minimum Gasteiger partial charge on any atom is -0.423 e. The van der Waals surface area contributed by atoms with Gasteiger partial charge in [0.2, 0.25) is 5.91 Å². The van der Waals surface area contributed by atoms with Gasteiger partial charge in [0, 0.05) is 25.0 Å². The molecule has 0 bridgehead atoms. The number of aromatic nitrogens is 1. The van der Waals surface area contributed by atoms with Crippen LogP contribution in [0.25, 0.3) is 11.1 Å². The van der Waals surface area contributed by atoms with Crippen LogP contribution in [0, 0.1) is 5.92 Å². The predicted octanol–water partition coefficient (Wildman–Crippen LogP) is 2.67. The van der Waals surface area contributed by atoms with E-state index < -0.39 is 0 Å². The van der Waals surface area contributed by atoms with E-state index in [4.69, 9.17) is 9.25 Å². The third-order valence-electron chi connectivity index (χ3n) is 6.41. The van der Waals surface area contributed by atoms with Crippen LogP contribution < -0.4 is 4.90 Å². The molecule has 3 fully saturated rings. The molecule has 0 spiro atoms. The Morgan fingerprint density at radius 3 is 2.50 bits per heavy atom. The van der Waals surface area contributed by atoms with Gasteiger partial charge in [0.25, 0.3) is 6.01 Å². The van der Waals surface area contributed by atoms with Crippen molar-refractivity contribution in [2.24, 2.45) is 5.92 Å². The molecule has 5 rings (SSSR count). The molecule has 3 aliphatic heterocycles. The van der Waals surface area contributed by atoms with E-state index in [2.05, 4.69) is 14.8 Å². The molecule has 2 aromatic rings. The molecule has 0 aliphatic carbocycles. The highest BCUT2D eigenvalue weighted by Gasteiger charge is 2.34. The Morgan fingerprint density at radius 2 is 1.79 bits per heavy atom. The molecule has 0 saturated carbocycles. The lowest BCUT2D eigenvalue weighted by molar-refractivity contribution is -0.175. The van der Waals surface area contributed by atoms with Gasteiger partial charge in [-0.25, -0.2) is 5.06 Å². The van der Waals surface area contributed by atoms with Crippen molar-refractivity contribution in [3.63, 3.8) is 0 Å². The average Bonchev–Trinajstić information content (AvgIpc) is 3.43. The smallest absolute Gasteiger partial charge is 0.298 e. The summed E-state index contributed by atoms with van der Waals surface area (Å²) in [6, 6.07) is 9.28. The van der Waals surface area contributed by atoms with Crippen molar-refractivity contribution in [3.8, 4) is 0 Å². The Kier molecular flexibility index (Phi) is 4.94. The molecule has 1 amide bonds. The second-order valence-corrected chi connectivity index (χ2v) is 8.12. The van der Waals surface area contributed by atoms with E-state index >= 15 is 0 Å². The van der Waals surface area contributed by atoms with E-state index in [9.17, 15) is 4.79 Å². The van der Waals surface area contributed by atoms with Crippen LogP contribution in [-0.2, 0) is 9.63 Å². The van der Waals surface area contributed by atoms with Crippen LogP contribution in [0.4, 0.5) is 6.01 Å². The molecule has 7 nitrogen and oxygen atoms in total. The van der Waals surface area contributed by atoms with Crippen molar-refractivity contribution >= 4 is 23.0 Å². The van der Waals surface area contributed by atoms with Crippen LogP contribution in [0.1, 0.15) is 32.1 Å². The highest BCUT2D eigenvalue weighted by Crippen LogP contribution is 2.29. The molecular formula is C21H28N4O3. The summed E-state index contributed by atoms with van der Waals surface area (Å²) in [5.74, 6) is 0.331. The Labute approximate surface area is 165 Å². The zero-order valence-electron chi connectivity index (χ0n) is 16.3. The first-order chi connectivity index (χ1) is 13.8. The van der Waals surface area contributed by atoms with E-state index in [1.807, 2.05) is 24.3 Å². The molecule has 0 atom stereocenters. The first-order valence-electron chi connectivity index (χ1n) is 10.6. The van der Waals surface area contributed by atoms with E-state index in [-0.39, 0.29) is 11.8 Å².